The number of terminal acetylenes is 1. The Bertz CT molecular complexity index is 705. The summed E-state index contributed by atoms with van der Waals surface area (Å²) in [5.41, 5.74) is 3.67. The first-order valence-corrected chi connectivity index (χ1v) is 7.81. The van der Waals surface area contributed by atoms with Crippen molar-refractivity contribution >= 4 is 11.6 Å². The van der Waals surface area contributed by atoms with E-state index >= 15 is 0 Å². The SMILES string of the molecule is C#CCNC1CCc2c(OCc3cccc(Cl)c3)cccc21. The Hall–Kier alpha value is -1.95. The van der Waals surface area contributed by atoms with Crippen LogP contribution in [0.25, 0.3) is 0 Å². The van der Waals surface area contributed by atoms with Crippen LogP contribution in [0.1, 0.15) is 29.2 Å². The van der Waals surface area contributed by atoms with Crippen molar-refractivity contribution in [3.63, 3.8) is 0 Å². The van der Waals surface area contributed by atoms with Crippen LogP contribution in [0, 0.1) is 12.3 Å². The van der Waals surface area contributed by atoms with Crippen LogP contribution in [0.3, 0.4) is 0 Å². The van der Waals surface area contributed by atoms with Gasteiger partial charge in [0.05, 0.1) is 6.54 Å². The van der Waals surface area contributed by atoms with Crippen LogP contribution >= 0.6 is 11.6 Å². The predicted octanol–water partition coefficient (Wildman–Crippen LogP) is 4.13. The summed E-state index contributed by atoms with van der Waals surface area (Å²) in [4.78, 5) is 0. The highest BCUT2D eigenvalue weighted by Gasteiger charge is 2.24. The minimum atomic E-state index is 0.334. The van der Waals surface area contributed by atoms with E-state index in [4.69, 9.17) is 22.8 Å². The molecule has 3 heteroatoms. The number of rotatable bonds is 5. The molecular formula is C19H18ClNO. The van der Waals surface area contributed by atoms with Gasteiger partial charge in [-0.05, 0) is 47.7 Å². The fraction of sp³-hybridized carbons (Fsp3) is 0.263. The highest BCUT2D eigenvalue weighted by atomic mass is 35.5. The Morgan fingerprint density at radius 3 is 2.95 bits per heavy atom. The van der Waals surface area contributed by atoms with Crippen molar-refractivity contribution in [2.45, 2.75) is 25.5 Å². The van der Waals surface area contributed by atoms with E-state index in [0.717, 1.165) is 29.2 Å². The van der Waals surface area contributed by atoms with Crippen LogP contribution in [-0.2, 0) is 13.0 Å². The van der Waals surface area contributed by atoms with E-state index in [1.807, 2.05) is 36.4 Å². The second-order valence-electron chi connectivity index (χ2n) is 5.42. The van der Waals surface area contributed by atoms with Gasteiger partial charge in [-0.3, -0.25) is 5.32 Å². The monoisotopic (exact) mass is 311 g/mol. The molecule has 3 rings (SSSR count). The summed E-state index contributed by atoms with van der Waals surface area (Å²) >= 11 is 6.01. The van der Waals surface area contributed by atoms with E-state index in [-0.39, 0.29) is 0 Å². The summed E-state index contributed by atoms with van der Waals surface area (Å²) in [6.07, 6.45) is 7.41. The summed E-state index contributed by atoms with van der Waals surface area (Å²) in [6.45, 7) is 1.12. The number of fused-ring (bicyclic) bond motifs is 1. The molecule has 1 aliphatic carbocycles. The normalized spacial score (nSPS) is 16.1. The van der Waals surface area contributed by atoms with Gasteiger partial charge in [-0.15, -0.1) is 6.42 Å². The van der Waals surface area contributed by atoms with E-state index in [1.54, 1.807) is 0 Å². The molecule has 0 amide bonds. The van der Waals surface area contributed by atoms with Crippen molar-refractivity contribution in [1.82, 2.24) is 5.32 Å². The summed E-state index contributed by atoms with van der Waals surface area (Å²) in [7, 11) is 0. The zero-order valence-electron chi connectivity index (χ0n) is 12.3. The largest absolute Gasteiger partial charge is 0.489 e. The van der Waals surface area contributed by atoms with Crippen LogP contribution in [-0.4, -0.2) is 6.54 Å². The third kappa shape index (κ3) is 3.27. The number of benzene rings is 2. The summed E-state index contributed by atoms with van der Waals surface area (Å²) < 4.78 is 6.02. The molecule has 0 aromatic heterocycles. The molecule has 1 aliphatic rings. The molecule has 1 atom stereocenters. The van der Waals surface area contributed by atoms with Crippen LogP contribution < -0.4 is 10.1 Å². The molecule has 1 N–H and O–H groups in total. The lowest BCUT2D eigenvalue weighted by atomic mass is 10.1. The molecule has 2 nitrogen and oxygen atoms in total. The Morgan fingerprint density at radius 2 is 2.14 bits per heavy atom. The number of ether oxygens (including phenoxy) is 1. The summed E-state index contributed by atoms with van der Waals surface area (Å²) in [5.74, 6) is 3.60. The Morgan fingerprint density at radius 1 is 1.27 bits per heavy atom. The average Bonchev–Trinajstić information content (AvgIpc) is 2.95. The van der Waals surface area contributed by atoms with Crippen molar-refractivity contribution in [1.29, 1.82) is 0 Å². The van der Waals surface area contributed by atoms with Crippen LogP contribution in [0.5, 0.6) is 5.75 Å². The quantitative estimate of drug-likeness (QED) is 0.838. The van der Waals surface area contributed by atoms with Gasteiger partial charge in [-0.2, -0.15) is 0 Å². The lowest BCUT2D eigenvalue weighted by Crippen LogP contribution is -2.19. The molecule has 0 radical (unpaired) electrons. The molecule has 0 aliphatic heterocycles. The standard InChI is InChI=1S/C19H18ClNO/c1-2-11-21-18-10-9-17-16(18)7-4-8-19(17)22-13-14-5-3-6-15(20)12-14/h1,3-8,12,18,21H,9-11,13H2. The Labute approximate surface area is 136 Å². The molecule has 0 heterocycles. The lowest BCUT2D eigenvalue weighted by Gasteiger charge is -2.14. The second-order valence-corrected chi connectivity index (χ2v) is 5.86. The minimum absolute atomic E-state index is 0.334. The molecule has 1 unspecified atom stereocenters. The van der Waals surface area contributed by atoms with Gasteiger partial charge in [0.25, 0.3) is 0 Å². The molecule has 2 aromatic rings. The second kappa shape index (κ2) is 6.87. The van der Waals surface area contributed by atoms with Gasteiger partial charge in [0.2, 0.25) is 0 Å². The maximum atomic E-state index is 6.02. The Kier molecular flexibility index (Phi) is 4.68. The fourth-order valence-corrected chi connectivity index (χ4v) is 3.15. The van der Waals surface area contributed by atoms with Crippen LogP contribution in [0.15, 0.2) is 42.5 Å². The first kappa shape index (κ1) is 15.0. The van der Waals surface area contributed by atoms with Crippen LogP contribution in [0.2, 0.25) is 5.02 Å². The van der Waals surface area contributed by atoms with Gasteiger partial charge < -0.3 is 4.74 Å². The highest BCUT2D eigenvalue weighted by molar-refractivity contribution is 6.30. The van der Waals surface area contributed by atoms with Crippen molar-refractivity contribution < 1.29 is 4.74 Å². The van der Waals surface area contributed by atoms with Gasteiger partial charge in [-0.1, -0.05) is 41.8 Å². The van der Waals surface area contributed by atoms with Gasteiger partial charge >= 0.3 is 0 Å². The first-order valence-electron chi connectivity index (χ1n) is 7.44. The highest BCUT2D eigenvalue weighted by Crippen LogP contribution is 2.37. The van der Waals surface area contributed by atoms with Gasteiger partial charge in [0, 0.05) is 11.1 Å². The minimum Gasteiger partial charge on any atom is -0.489 e. The first-order chi connectivity index (χ1) is 10.8. The van der Waals surface area contributed by atoms with E-state index < -0.39 is 0 Å². The Balaban J connectivity index is 1.73. The van der Waals surface area contributed by atoms with Crippen molar-refractivity contribution in [2.24, 2.45) is 0 Å². The number of halogens is 1. The third-order valence-electron chi connectivity index (χ3n) is 3.96. The average molecular weight is 312 g/mol. The number of hydrogen-bond acceptors (Lipinski definition) is 2. The maximum Gasteiger partial charge on any atom is 0.123 e. The number of nitrogens with one attached hydrogen (secondary N) is 1. The summed E-state index contributed by atoms with van der Waals surface area (Å²) in [5, 5.41) is 4.12. The molecule has 22 heavy (non-hydrogen) atoms. The predicted molar refractivity (Wildman–Crippen MR) is 90.1 cm³/mol. The van der Waals surface area contributed by atoms with E-state index in [9.17, 15) is 0 Å². The van der Waals surface area contributed by atoms with Crippen molar-refractivity contribution in [2.75, 3.05) is 6.54 Å². The number of hydrogen-bond donors (Lipinski definition) is 1. The smallest absolute Gasteiger partial charge is 0.123 e. The zero-order valence-corrected chi connectivity index (χ0v) is 13.1. The molecule has 0 saturated heterocycles. The molecule has 2 aromatic carbocycles. The van der Waals surface area contributed by atoms with Crippen LogP contribution in [0.4, 0.5) is 0 Å². The van der Waals surface area contributed by atoms with Gasteiger partial charge in [0.15, 0.2) is 0 Å². The van der Waals surface area contributed by atoms with Gasteiger partial charge in [-0.25, -0.2) is 0 Å². The van der Waals surface area contributed by atoms with Gasteiger partial charge in [0.1, 0.15) is 12.4 Å². The zero-order chi connectivity index (χ0) is 15.4. The topological polar surface area (TPSA) is 21.3 Å². The third-order valence-corrected chi connectivity index (χ3v) is 4.20. The van der Waals surface area contributed by atoms with Crippen molar-refractivity contribution in [3.05, 3.63) is 64.2 Å². The molecular weight excluding hydrogens is 294 g/mol. The van der Waals surface area contributed by atoms with E-state index in [0.29, 0.717) is 19.2 Å². The van der Waals surface area contributed by atoms with Crippen molar-refractivity contribution in [3.8, 4) is 18.1 Å². The molecule has 112 valence electrons. The van der Waals surface area contributed by atoms with E-state index in [1.165, 1.54) is 11.1 Å². The lowest BCUT2D eigenvalue weighted by molar-refractivity contribution is 0.303. The summed E-state index contributed by atoms with van der Waals surface area (Å²) in [6, 6.07) is 14.3. The molecule has 0 saturated carbocycles. The molecule has 0 spiro atoms. The fourth-order valence-electron chi connectivity index (χ4n) is 2.94. The molecule has 0 bridgehead atoms. The molecule has 0 fully saturated rings. The van der Waals surface area contributed by atoms with E-state index in [2.05, 4.69) is 17.3 Å². The maximum absolute atomic E-state index is 6.02.